The molecule has 57 heavy (non-hydrogen) atoms. The van der Waals surface area contributed by atoms with E-state index in [0.717, 1.165) is 50.1 Å². The Kier molecular flexibility index (Phi) is 8.46. The predicted octanol–water partition coefficient (Wildman–Crippen LogP) is 0.283. The number of hydrogen-bond acceptors (Lipinski definition) is 5. The Morgan fingerprint density at radius 2 is 0.930 bits per heavy atom. The Bertz CT molecular complexity index is 3270. The summed E-state index contributed by atoms with van der Waals surface area (Å²) < 4.78 is 9.34. The molecule has 4 nitrogen and oxygen atoms in total. The molecule has 0 fully saturated rings. The normalized spacial score (nSPS) is 11.6. The highest BCUT2D eigenvalue weighted by molar-refractivity contribution is 7.26. The predicted molar refractivity (Wildman–Crippen MR) is 264 cm³/mol. The number of nitrogens with zero attached hydrogens (tertiary/aromatic N) is 3. The van der Waals surface area contributed by atoms with Gasteiger partial charge >= 0.3 is 0 Å². The van der Waals surface area contributed by atoms with Crippen LogP contribution in [-0.2, 0) is 0 Å². The molecule has 0 aliphatic heterocycles. The van der Waals surface area contributed by atoms with Gasteiger partial charge in [0.05, 0.1) is 0 Å². The van der Waals surface area contributed by atoms with Crippen LogP contribution in [0.3, 0.4) is 0 Å². The molecule has 0 radical (unpaired) electrons. The van der Waals surface area contributed by atoms with E-state index in [1.54, 1.807) is 11.3 Å². The van der Waals surface area contributed by atoms with Crippen LogP contribution in [0.4, 0.5) is 0 Å². The molecule has 0 aliphatic rings. The first-order valence-corrected chi connectivity index (χ1v) is 20.4. The molecule has 0 atom stereocenters. The zero-order chi connectivity index (χ0) is 39.1. The highest BCUT2D eigenvalue weighted by atomic mass is 32.1. The molecule has 0 N–H and O–H groups in total. The Morgan fingerprint density at radius 1 is 0.386 bits per heavy atom. The van der Waals surface area contributed by atoms with Gasteiger partial charge in [-0.05, 0) is 28.8 Å². The van der Waals surface area contributed by atoms with Gasteiger partial charge in [-0.3, -0.25) is 0 Å². The van der Waals surface area contributed by atoms with Gasteiger partial charge in [-0.2, -0.15) is 0 Å². The number of rotatable bonds is 5. The van der Waals surface area contributed by atoms with Gasteiger partial charge in [-0.25, -0.2) is 15.0 Å². The number of hydrogen-bond donors (Lipinski definition) is 0. The van der Waals surface area contributed by atoms with Crippen molar-refractivity contribution in [2.75, 3.05) is 0 Å². The van der Waals surface area contributed by atoms with Crippen molar-refractivity contribution in [1.82, 2.24) is 15.0 Å². The number of thiophene rings is 1. The topological polar surface area (TPSA) is 51.8 Å². The molecule has 0 spiro atoms. The number of fused-ring (bicyclic) bond motifs is 6. The van der Waals surface area contributed by atoms with Gasteiger partial charge in [0.15, 0.2) is 17.5 Å². The minimum atomic E-state index is 0.630. The lowest BCUT2D eigenvalue weighted by molar-refractivity contribution is 0.673. The third kappa shape index (κ3) is 5.56. The molecule has 12 heteroatoms. The molecule has 3 aromatic heterocycles. The standard InChI is InChI=1S/C45H34B7N3OS/c46-33-30(40-31(34(47)36(33)49)32-35(48)37(50)38(51)39(52)41(32)56-40)22-17-19-23(20-18-22)43-53-44(27-13-5-4-11-24(27)21-9-2-1-3-10-21)55-45(54-43)28-15-8-14-26-25-12-6-7-16-29(25)57-42(26)28/h1-20H,46-52H2. The highest BCUT2D eigenvalue weighted by Crippen LogP contribution is 2.40. The van der Waals surface area contributed by atoms with Crippen LogP contribution >= 0.6 is 11.3 Å². The SMILES string of the molecule is Bc1c(B)c(B)c2c(oc3c(-c4ccc(-c5nc(-c6ccccc6-c6ccccc6)nc(-c6cccc7c6sc6ccccc67)n5)cc4)c(B)c(B)c(B)c32)c1B. The lowest BCUT2D eigenvalue weighted by atomic mass is 9.64. The average molecular weight is 741 g/mol. The second kappa shape index (κ2) is 13.6. The van der Waals surface area contributed by atoms with Crippen molar-refractivity contribution < 1.29 is 4.42 Å². The molecule has 0 amide bonds. The van der Waals surface area contributed by atoms with Gasteiger partial charge in [-0.15, -0.1) is 16.8 Å². The van der Waals surface area contributed by atoms with E-state index in [1.807, 2.05) is 6.07 Å². The maximum atomic E-state index is 6.92. The molecule has 0 unspecified atom stereocenters. The summed E-state index contributed by atoms with van der Waals surface area (Å²) in [6, 6.07) is 42.6. The van der Waals surface area contributed by atoms with E-state index >= 15 is 0 Å². The molecule has 10 aromatic rings. The average Bonchev–Trinajstić information content (AvgIpc) is 3.84. The first kappa shape index (κ1) is 35.4. The van der Waals surface area contributed by atoms with E-state index in [1.165, 1.54) is 69.2 Å². The molecule has 0 aliphatic carbocycles. The zero-order valence-corrected chi connectivity index (χ0v) is 34.0. The van der Waals surface area contributed by atoms with Crippen LogP contribution in [-0.4, -0.2) is 69.9 Å². The van der Waals surface area contributed by atoms with E-state index in [-0.39, 0.29) is 0 Å². The van der Waals surface area contributed by atoms with Crippen LogP contribution in [0.15, 0.2) is 126 Å². The zero-order valence-electron chi connectivity index (χ0n) is 33.2. The van der Waals surface area contributed by atoms with Gasteiger partial charge in [0.2, 0.25) is 0 Å². The Hall–Kier alpha value is -5.98. The van der Waals surface area contributed by atoms with Gasteiger partial charge in [0, 0.05) is 53.2 Å². The number of furan rings is 1. The molecule has 262 valence electrons. The van der Waals surface area contributed by atoms with Crippen LogP contribution in [0.1, 0.15) is 0 Å². The summed E-state index contributed by atoms with van der Waals surface area (Å²) in [5.41, 5.74) is 18.2. The fourth-order valence-corrected chi connectivity index (χ4v) is 9.90. The second-order valence-electron chi connectivity index (χ2n) is 15.3. The summed E-state index contributed by atoms with van der Waals surface area (Å²) in [5.74, 6) is 1.93. The van der Waals surface area contributed by atoms with Crippen molar-refractivity contribution >= 4 is 147 Å². The smallest absolute Gasteiger partial charge is 0.165 e. The molecule has 0 saturated carbocycles. The maximum absolute atomic E-state index is 6.92. The van der Waals surface area contributed by atoms with Crippen LogP contribution in [0, 0.1) is 0 Å². The monoisotopic (exact) mass is 741 g/mol. The van der Waals surface area contributed by atoms with Crippen molar-refractivity contribution in [3.63, 3.8) is 0 Å². The Labute approximate surface area is 342 Å². The van der Waals surface area contributed by atoms with Crippen LogP contribution in [0.25, 0.3) is 98.5 Å². The fraction of sp³-hybridized carbons (Fsp3) is 0. The number of aromatic nitrogens is 3. The minimum Gasteiger partial charge on any atom is -0.456 e. The summed E-state index contributed by atoms with van der Waals surface area (Å²) in [4.78, 5) is 15.7. The van der Waals surface area contributed by atoms with Crippen LogP contribution < -0.4 is 38.2 Å². The summed E-state index contributed by atoms with van der Waals surface area (Å²) >= 11 is 1.79. The van der Waals surface area contributed by atoms with E-state index in [2.05, 4.69) is 170 Å². The fourth-order valence-electron chi connectivity index (χ4n) is 8.68. The van der Waals surface area contributed by atoms with Crippen LogP contribution in [0.5, 0.6) is 0 Å². The first-order valence-electron chi connectivity index (χ1n) is 19.5. The van der Waals surface area contributed by atoms with Crippen molar-refractivity contribution in [2.24, 2.45) is 0 Å². The lowest BCUT2D eigenvalue weighted by Gasteiger charge is -2.16. The van der Waals surface area contributed by atoms with E-state index < -0.39 is 0 Å². The lowest BCUT2D eigenvalue weighted by Crippen LogP contribution is -2.47. The Morgan fingerprint density at radius 3 is 1.68 bits per heavy atom. The van der Waals surface area contributed by atoms with Crippen molar-refractivity contribution in [2.45, 2.75) is 0 Å². The Balaban J connectivity index is 1.17. The molecular formula is C45H34B7N3OS. The highest BCUT2D eigenvalue weighted by Gasteiger charge is 2.24. The quantitative estimate of drug-likeness (QED) is 0.239. The largest absolute Gasteiger partial charge is 0.456 e. The van der Waals surface area contributed by atoms with Crippen molar-refractivity contribution in [3.05, 3.63) is 121 Å². The minimum absolute atomic E-state index is 0.630. The number of benzene rings is 7. The maximum Gasteiger partial charge on any atom is 0.165 e. The molecule has 3 heterocycles. The second-order valence-corrected chi connectivity index (χ2v) is 16.4. The molecule has 0 bridgehead atoms. The van der Waals surface area contributed by atoms with Gasteiger partial charge < -0.3 is 4.42 Å². The first-order chi connectivity index (χ1) is 27.7. The van der Waals surface area contributed by atoms with Crippen molar-refractivity contribution in [1.29, 1.82) is 0 Å². The summed E-state index contributed by atoms with van der Waals surface area (Å²) in [7, 11) is 15.6. The summed E-state index contributed by atoms with van der Waals surface area (Å²) in [5, 5.41) is 4.91. The van der Waals surface area contributed by atoms with Gasteiger partial charge in [-0.1, -0.05) is 142 Å². The van der Waals surface area contributed by atoms with E-state index in [4.69, 9.17) is 19.4 Å². The van der Waals surface area contributed by atoms with E-state index in [9.17, 15) is 0 Å². The molecule has 0 saturated heterocycles. The van der Waals surface area contributed by atoms with Gasteiger partial charge in [0.25, 0.3) is 0 Å². The van der Waals surface area contributed by atoms with Crippen molar-refractivity contribution in [3.8, 4) is 56.4 Å². The molecule has 10 rings (SSSR count). The third-order valence-corrected chi connectivity index (χ3v) is 13.6. The molecule has 7 aromatic carbocycles. The summed E-state index contributed by atoms with van der Waals surface area (Å²) in [6.45, 7) is 0. The third-order valence-electron chi connectivity index (χ3n) is 12.4. The van der Waals surface area contributed by atoms with Gasteiger partial charge in [0.1, 0.15) is 66.1 Å². The summed E-state index contributed by atoms with van der Waals surface area (Å²) in [6.07, 6.45) is 0. The van der Waals surface area contributed by atoms with Crippen LogP contribution in [0.2, 0.25) is 0 Å². The molecular weight excluding hydrogens is 706 g/mol. The van der Waals surface area contributed by atoms with E-state index in [0.29, 0.717) is 17.5 Å².